The third kappa shape index (κ3) is 5.92. The molecule has 2 aromatic carbocycles. The van der Waals surface area contributed by atoms with Crippen LogP contribution in [0.2, 0.25) is 5.02 Å². The van der Waals surface area contributed by atoms with Gasteiger partial charge in [-0.25, -0.2) is 0 Å². The maximum absolute atomic E-state index is 12.5. The van der Waals surface area contributed by atoms with Crippen LogP contribution in [0.5, 0.6) is 0 Å². The number of carbonyl (C=O) groups is 1. The van der Waals surface area contributed by atoms with Gasteiger partial charge in [-0.1, -0.05) is 35.9 Å². The van der Waals surface area contributed by atoms with Crippen LogP contribution in [0.3, 0.4) is 0 Å². The minimum atomic E-state index is -0.0890. The Bertz CT molecular complexity index is 734. The van der Waals surface area contributed by atoms with E-state index < -0.39 is 0 Å². The topological polar surface area (TPSA) is 67.6 Å². The average molecular weight is 410 g/mol. The van der Waals surface area contributed by atoms with Crippen LogP contribution in [0.25, 0.3) is 0 Å². The molecular formula is C20H25Cl2N3O2. The molecule has 2 aromatic rings. The number of hydrogen-bond acceptors (Lipinski definition) is 4. The van der Waals surface area contributed by atoms with E-state index in [1.54, 1.807) is 12.1 Å². The number of benzene rings is 2. The molecule has 0 aromatic heterocycles. The summed E-state index contributed by atoms with van der Waals surface area (Å²) in [4.78, 5) is 14.8. The molecule has 1 aliphatic heterocycles. The molecule has 1 aliphatic rings. The molecule has 1 amide bonds. The molecule has 1 atom stereocenters. The Labute approximate surface area is 171 Å². The highest BCUT2D eigenvalue weighted by atomic mass is 35.5. The Kier molecular flexibility index (Phi) is 8.54. The second-order valence-corrected chi connectivity index (χ2v) is 6.77. The fraction of sp³-hybridized carbons (Fsp3) is 0.350. The summed E-state index contributed by atoms with van der Waals surface area (Å²) >= 11 is 6.17. The number of hydrogen-bond donors (Lipinski definition) is 2. The minimum Gasteiger partial charge on any atom is -0.379 e. The summed E-state index contributed by atoms with van der Waals surface area (Å²) in [6.45, 7) is 4.04. The number of nitrogens with zero attached hydrogens (tertiary/aromatic N) is 1. The van der Waals surface area contributed by atoms with Crippen molar-refractivity contribution in [3.63, 3.8) is 0 Å². The molecule has 0 bridgehead atoms. The number of nitrogens with one attached hydrogen (secondary N) is 1. The fourth-order valence-corrected chi connectivity index (χ4v) is 3.34. The van der Waals surface area contributed by atoms with E-state index in [0.717, 1.165) is 24.2 Å². The highest BCUT2D eigenvalue weighted by molar-refractivity contribution is 6.30. The van der Waals surface area contributed by atoms with Gasteiger partial charge in [0.05, 0.1) is 19.3 Å². The lowest BCUT2D eigenvalue weighted by atomic mass is 10.0. The zero-order chi connectivity index (χ0) is 18.4. The van der Waals surface area contributed by atoms with Crippen molar-refractivity contribution < 1.29 is 9.53 Å². The number of halogens is 2. The van der Waals surface area contributed by atoms with E-state index >= 15 is 0 Å². The number of nitrogens with two attached hydrogens (primary N) is 1. The van der Waals surface area contributed by atoms with E-state index in [-0.39, 0.29) is 24.4 Å². The largest absolute Gasteiger partial charge is 0.379 e. The van der Waals surface area contributed by atoms with Crippen molar-refractivity contribution in [3.8, 4) is 0 Å². The van der Waals surface area contributed by atoms with Crippen molar-refractivity contribution in [2.75, 3.05) is 32.8 Å². The normalized spacial score (nSPS) is 15.6. The van der Waals surface area contributed by atoms with Gasteiger partial charge in [-0.2, -0.15) is 0 Å². The first-order valence-corrected chi connectivity index (χ1v) is 9.19. The monoisotopic (exact) mass is 409 g/mol. The van der Waals surface area contributed by atoms with Crippen molar-refractivity contribution in [3.05, 3.63) is 70.2 Å². The van der Waals surface area contributed by atoms with Crippen LogP contribution in [-0.2, 0) is 11.3 Å². The summed E-state index contributed by atoms with van der Waals surface area (Å²) in [5, 5.41) is 3.75. The van der Waals surface area contributed by atoms with Gasteiger partial charge in [-0.05, 0) is 35.4 Å². The van der Waals surface area contributed by atoms with Crippen molar-refractivity contribution in [2.24, 2.45) is 5.73 Å². The first kappa shape index (κ1) is 21.7. The molecule has 0 radical (unpaired) electrons. The first-order valence-electron chi connectivity index (χ1n) is 8.82. The number of amides is 1. The van der Waals surface area contributed by atoms with Crippen LogP contribution in [0, 0.1) is 0 Å². The van der Waals surface area contributed by atoms with Crippen LogP contribution in [0.15, 0.2) is 48.5 Å². The van der Waals surface area contributed by atoms with E-state index in [9.17, 15) is 4.79 Å². The molecule has 0 aliphatic carbocycles. The SMILES string of the molecule is Cl.NCc1ccc(C(=O)NCC(c2cccc(Cl)c2)N2CCOCC2)cc1. The number of ether oxygens (including phenoxy) is 1. The molecule has 1 saturated heterocycles. The molecule has 7 heteroatoms. The van der Waals surface area contributed by atoms with Gasteiger partial charge in [0.1, 0.15) is 0 Å². The molecule has 27 heavy (non-hydrogen) atoms. The Morgan fingerprint density at radius 2 is 1.89 bits per heavy atom. The van der Waals surface area contributed by atoms with Crippen molar-refractivity contribution >= 4 is 29.9 Å². The zero-order valence-electron chi connectivity index (χ0n) is 15.1. The summed E-state index contributed by atoms with van der Waals surface area (Å²) in [6.07, 6.45) is 0. The van der Waals surface area contributed by atoms with Crippen molar-refractivity contribution in [1.82, 2.24) is 10.2 Å². The summed E-state index contributed by atoms with van der Waals surface area (Å²) in [5.41, 5.74) is 8.34. The maximum atomic E-state index is 12.5. The van der Waals surface area contributed by atoms with E-state index in [1.807, 2.05) is 36.4 Å². The molecule has 1 fully saturated rings. The second-order valence-electron chi connectivity index (χ2n) is 6.33. The summed E-state index contributed by atoms with van der Waals surface area (Å²) in [6, 6.07) is 15.2. The lowest BCUT2D eigenvalue weighted by Crippen LogP contribution is -2.43. The lowest BCUT2D eigenvalue weighted by molar-refractivity contribution is 0.0162. The summed E-state index contributed by atoms with van der Waals surface area (Å²) < 4.78 is 5.46. The second kappa shape index (κ2) is 10.6. The van der Waals surface area contributed by atoms with E-state index in [1.165, 1.54) is 0 Å². The van der Waals surface area contributed by atoms with Gasteiger partial charge in [-0.3, -0.25) is 9.69 Å². The van der Waals surface area contributed by atoms with Gasteiger partial charge in [0.25, 0.3) is 5.91 Å². The van der Waals surface area contributed by atoms with E-state index in [2.05, 4.69) is 10.2 Å². The average Bonchev–Trinajstić information content (AvgIpc) is 2.69. The Hall–Kier alpha value is -1.63. The Balaban J connectivity index is 0.00000261. The fourth-order valence-electron chi connectivity index (χ4n) is 3.14. The Morgan fingerprint density at radius 1 is 1.19 bits per heavy atom. The van der Waals surface area contributed by atoms with Crippen LogP contribution in [0.1, 0.15) is 27.5 Å². The maximum Gasteiger partial charge on any atom is 0.251 e. The van der Waals surface area contributed by atoms with Gasteiger partial charge in [0.15, 0.2) is 0 Å². The highest BCUT2D eigenvalue weighted by Gasteiger charge is 2.23. The van der Waals surface area contributed by atoms with Crippen molar-refractivity contribution in [1.29, 1.82) is 0 Å². The standard InChI is InChI=1S/C20H24ClN3O2.ClH/c21-18-3-1-2-17(12-18)19(24-8-10-26-11-9-24)14-23-20(25)16-6-4-15(13-22)5-7-16;/h1-7,12,19H,8-11,13-14,22H2,(H,23,25);1H. The third-order valence-electron chi connectivity index (χ3n) is 4.63. The van der Waals surface area contributed by atoms with Gasteiger partial charge >= 0.3 is 0 Å². The van der Waals surface area contributed by atoms with Gasteiger partial charge in [0, 0.05) is 36.8 Å². The molecule has 3 rings (SSSR count). The number of carbonyl (C=O) groups excluding carboxylic acids is 1. The molecular weight excluding hydrogens is 385 g/mol. The van der Waals surface area contributed by atoms with Crippen LogP contribution in [0.4, 0.5) is 0 Å². The van der Waals surface area contributed by atoms with E-state index in [4.69, 9.17) is 22.1 Å². The molecule has 3 N–H and O–H groups in total. The van der Waals surface area contributed by atoms with E-state index in [0.29, 0.717) is 36.9 Å². The van der Waals surface area contributed by atoms with Gasteiger partial charge < -0.3 is 15.8 Å². The molecule has 0 spiro atoms. The lowest BCUT2D eigenvalue weighted by Gasteiger charge is -2.35. The molecule has 5 nitrogen and oxygen atoms in total. The number of morpholine rings is 1. The summed E-state index contributed by atoms with van der Waals surface area (Å²) in [7, 11) is 0. The van der Waals surface area contributed by atoms with Crippen LogP contribution >= 0.6 is 24.0 Å². The summed E-state index contributed by atoms with van der Waals surface area (Å²) in [5.74, 6) is -0.0890. The minimum absolute atomic E-state index is 0. The molecule has 146 valence electrons. The Morgan fingerprint density at radius 3 is 2.52 bits per heavy atom. The third-order valence-corrected chi connectivity index (χ3v) is 4.86. The number of rotatable bonds is 6. The first-order chi connectivity index (χ1) is 12.7. The van der Waals surface area contributed by atoms with Gasteiger partial charge in [0.2, 0.25) is 0 Å². The van der Waals surface area contributed by atoms with Crippen LogP contribution in [-0.4, -0.2) is 43.7 Å². The van der Waals surface area contributed by atoms with Crippen molar-refractivity contribution in [2.45, 2.75) is 12.6 Å². The molecule has 0 saturated carbocycles. The smallest absolute Gasteiger partial charge is 0.251 e. The molecule has 1 unspecified atom stereocenters. The highest BCUT2D eigenvalue weighted by Crippen LogP contribution is 2.24. The predicted octanol–water partition coefficient (Wildman–Crippen LogP) is 3.02. The molecule has 1 heterocycles. The zero-order valence-corrected chi connectivity index (χ0v) is 16.6. The quantitative estimate of drug-likeness (QED) is 0.769. The predicted molar refractivity (Wildman–Crippen MR) is 110 cm³/mol. The van der Waals surface area contributed by atoms with Gasteiger partial charge in [-0.15, -0.1) is 12.4 Å². The van der Waals surface area contributed by atoms with Crippen LogP contribution < -0.4 is 11.1 Å².